The zero-order valence-electron chi connectivity index (χ0n) is 20.2. The van der Waals surface area contributed by atoms with Gasteiger partial charge in [0.05, 0.1) is 30.6 Å². The maximum Gasteiger partial charge on any atom is 0.225 e. The monoisotopic (exact) mass is 499 g/mol. The van der Waals surface area contributed by atoms with Crippen LogP contribution in [0.1, 0.15) is 71.0 Å². The molecule has 0 aromatic carbocycles. The van der Waals surface area contributed by atoms with E-state index in [1.165, 1.54) is 25.7 Å². The van der Waals surface area contributed by atoms with E-state index in [4.69, 9.17) is 16.3 Å². The van der Waals surface area contributed by atoms with E-state index in [9.17, 15) is 9.42 Å². The van der Waals surface area contributed by atoms with Gasteiger partial charge in [0.15, 0.2) is 10.7 Å². The molecule has 0 saturated carbocycles. The standard InChI is InChI=1S/C23H38ClN5O3S/c1-18(2)33(31)22-20-21(26-23(24)27-22)25-19(3)28(20)12-10-8-6-4-5-7-9-11-13-29(30)14-16-32-17-15-29/h18H,4-17H2,1-3H3. The predicted octanol–water partition coefficient (Wildman–Crippen LogP) is 4.77. The van der Waals surface area contributed by atoms with Gasteiger partial charge in [-0.3, -0.25) is 4.21 Å². The minimum Gasteiger partial charge on any atom is -0.633 e. The Morgan fingerprint density at radius 2 is 1.64 bits per heavy atom. The molecule has 0 aliphatic carbocycles. The van der Waals surface area contributed by atoms with E-state index in [1.54, 1.807) is 0 Å². The fraction of sp³-hybridized carbons (Fsp3) is 0.783. The average molecular weight is 500 g/mol. The van der Waals surface area contributed by atoms with Crippen LogP contribution in [0.5, 0.6) is 0 Å². The molecule has 0 radical (unpaired) electrons. The van der Waals surface area contributed by atoms with Crippen LogP contribution in [0.2, 0.25) is 5.28 Å². The summed E-state index contributed by atoms with van der Waals surface area (Å²) in [6.07, 6.45) is 9.15. The van der Waals surface area contributed by atoms with E-state index in [2.05, 4.69) is 19.5 Å². The number of fused-ring (bicyclic) bond motifs is 1. The third-order valence-electron chi connectivity index (χ3n) is 6.34. The first-order valence-corrected chi connectivity index (χ1v) is 13.9. The summed E-state index contributed by atoms with van der Waals surface area (Å²) in [7, 11) is -1.26. The lowest BCUT2D eigenvalue weighted by Gasteiger charge is -2.45. The molecule has 1 atom stereocenters. The molecule has 0 amide bonds. The van der Waals surface area contributed by atoms with Crippen molar-refractivity contribution >= 4 is 33.6 Å². The van der Waals surface area contributed by atoms with E-state index < -0.39 is 10.8 Å². The summed E-state index contributed by atoms with van der Waals surface area (Å²) >= 11 is 6.06. The minimum absolute atomic E-state index is 0.0578. The number of halogens is 1. The molecule has 3 rings (SSSR count). The molecule has 1 fully saturated rings. The summed E-state index contributed by atoms with van der Waals surface area (Å²) in [4.78, 5) is 13.1. The van der Waals surface area contributed by atoms with E-state index >= 15 is 0 Å². The predicted molar refractivity (Wildman–Crippen MR) is 133 cm³/mol. The van der Waals surface area contributed by atoms with Crippen LogP contribution in [0.4, 0.5) is 0 Å². The Balaban J connectivity index is 1.39. The second kappa shape index (κ2) is 12.5. The number of hydrogen-bond acceptors (Lipinski definition) is 6. The molecule has 0 bridgehead atoms. The molecule has 1 unspecified atom stereocenters. The van der Waals surface area contributed by atoms with Crippen molar-refractivity contribution in [2.75, 3.05) is 32.8 Å². The second-order valence-electron chi connectivity index (χ2n) is 9.30. The summed E-state index contributed by atoms with van der Waals surface area (Å²) in [6, 6.07) is 0. The molecule has 3 heterocycles. The van der Waals surface area contributed by atoms with E-state index in [0.717, 1.165) is 50.1 Å². The number of hydrogen-bond donors (Lipinski definition) is 0. The number of unbranched alkanes of at least 4 members (excludes halogenated alkanes) is 7. The van der Waals surface area contributed by atoms with Gasteiger partial charge in [0.2, 0.25) is 5.28 Å². The quantitative estimate of drug-likeness (QED) is 0.129. The lowest BCUT2D eigenvalue weighted by Crippen LogP contribution is -2.50. The number of imidazole rings is 1. The molecule has 8 nitrogen and oxygen atoms in total. The van der Waals surface area contributed by atoms with Crippen molar-refractivity contribution in [3.05, 3.63) is 16.3 Å². The summed E-state index contributed by atoms with van der Waals surface area (Å²) in [5.74, 6) is 0.850. The normalized spacial score (nSPS) is 17.2. The lowest BCUT2D eigenvalue weighted by atomic mass is 10.1. The van der Waals surface area contributed by atoms with E-state index in [-0.39, 0.29) is 15.2 Å². The van der Waals surface area contributed by atoms with Gasteiger partial charge in [-0.25, -0.2) is 9.97 Å². The molecule has 0 spiro atoms. The van der Waals surface area contributed by atoms with Crippen LogP contribution in [-0.4, -0.2) is 66.5 Å². The topological polar surface area (TPSA) is 93.0 Å². The summed E-state index contributed by atoms with van der Waals surface area (Å²) in [5.41, 5.74) is 1.28. The number of quaternary nitrogens is 1. The molecule has 2 aromatic heterocycles. The van der Waals surface area contributed by atoms with Gasteiger partial charge < -0.3 is 19.2 Å². The van der Waals surface area contributed by atoms with Gasteiger partial charge in [-0.1, -0.05) is 46.0 Å². The van der Waals surface area contributed by atoms with Crippen LogP contribution in [0.15, 0.2) is 5.03 Å². The first-order valence-electron chi connectivity index (χ1n) is 12.3. The van der Waals surface area contributed by atoms with E-state index in [0.29, 0.717) is 37.0 Å². The third-order valence-corrected chi connectivity index (χ3v) is 8.03. The van der Waals surface area contributed by atoms with Crippen molar-refractivity contribution in [1.82, 2.24) is 19.5 Å². The van der Waals surface area contributed by atoms with Crippen molar-refractivity contribution in [3.8, 4) is 0 Å². The third kappa shape index (κ3) is 7.42. The summed E-state index contributed by atoms with van der Waals surface area (Å²) in [6.45, 7) is 9.75. The zero-order valence-corrected chi connectivity index (χ0v) is 21.8. The Hall–Kier alpha value is -1.13. The lowest BCUT2D eigenvalue weighted by molar-refractivity contribution is -0.888. The Bertz CT molecular complexity index is 930. The molecular formula is C23H38ClN5O3S. The van der Waals surface area contributed by atoms with Gasteiger partial charge in [-0.05, 0) is 37.8 Å². The SMILES string of the molecule is Cc1nc2nc(Cl)nc(S(=O)C(C)C)c2n1CCCCCCCCCC[N+]1([O-])CCOCC1. The Labute approximate surface area is 204 Å². The van der Waals surface area contributed by atoms with Crippen LogP contribution in [-0.2, 0) is 22.1 Å². The van der Waals surface area contributed by atoms with Crippen LogP contribution >= 0.6 is 11.6 Å². The van der Waals surface area contributed by atoms with Gasteiger partial charge in [0, 0.05) is 11.8 Å². The van der Waals surface area contributed by atoms with E-state index in [1.807, 2.05) is 20.8 Å². The number of morpholine rings is 1. The number of hydroxylamine groups is 3. The van der Waals surface area contributed by atoms with Crippen molar-refractivity contribution < 1.29 is 13.6 Å². The van der Waals surface area contributed by atoms with Gasteiger partial charge in [-0.2, -0.15) is 4.98 Å². The highest BCUT2D eigenvalue weighted by molar-refractivity contribution is 7.85. The van der Waals surface area contributed by atoms with Gasteiger partial charge in [0.25, 0.3) is 0 Å². The minimum atomic E-state index is -1.26. The van der Waals surface area contributed by atoms with Crippen molar-refractivity contribution in [2.24, 2.45) is 0 Å². The molecule has 2 aromatic rings. The molecule has 1 aliphatic rings. The largest absolute Gasteiger partial charge is 0.633 e. The van der Waals surface area contributed by atoms with Gasteiger partial charge in [0.1, 0.15) is 24.4 Å². The number of rotatable bonds is 13. The first kappa shape index (κ1) is 26.5. The fourth-order valence-corrected chi connectivity index (χ4v) is 5.58. The fourth-order valence-electron chi connectivity index (χ4n) is 4.35. The Kier molecular flexibility index (Phi) is 10.1. The summed E-state index contributed by atoms with van der Waals surface area (Å²) in [5, 5.41) is 13.0. The van der Waals surface area contributed by atoms with Crippen LogP contribution in [0.25, 0.3) is 11.2 Å². The molecular weight excluding hydrogens is 462 g/mol. The average Bonchev–Trinajstić information content (AvgIpc) is 3.08. The highest BCUT2D eigenvalue weighted by Crippen LogP contribution is 2.24. The van der Waals surface area contributed by atoms with Crippen LogP contribution in [0.3, 0.4) is 0 Å². The van der Waals surface area contributed by atoms with Crippen molar-refractivity contribution in [3.63, 3.8) is 0 Å². The number of nitrogens with zero attached hydrogens (tertiary/aromatic N) is 5. The van der Waals surface area contributed by atoms with Gasteiger partial charge >= 0.3 is 0 Å². The highest BCUT2D eigenvalue weighted by atomic mass is 35.5. The molecule has 1 saturated heterocycles. The zero-order chi connectivity index (χ0) is 23.8. The molecule has 0 N–H and O–H groups in total. The number of aryl methyl sites for hydroxylation is 2. The smallest absolute Gasteiger partial charge is 0.225 e. The summed E-state index contributed by atoms with van der Waals surface area (Å²) < 4.78 is 20.1. The molecule has 33 heavy (non-hydrogen) atoms. The van der Waals surface area contributed by atoms with Crippen LogP contribution in [0, 0.1) is 12.1 Å². The highest BCUT2D eigenvalue weighted by Gasteiger charge is 2.22. The molecule has 1 aliphatic heterocycles. The first-order chi connectivity index (χ1) is 15.8. The Morgan fingerprint density at radius 3 is 2.27 bits per heavy atom. The molecule has 186 valence electrons. The maximum absolute atomic E-state index is 12.8. The number of ether oxygens (including phenoxy) is 1. The van der Waals surface area contributed by atoms with Gasteiger partial charge in [-0.15, -0.1) is 0 Å². The van der Waals surface area contributed by atoms with Crippen molar-refractivity contribution in [2.45, 2.75) is 89.0 Å². The maximum atomic E-state index is 12.8. The second-order valence-corrected chi connectivity index (χ2v) is 11.6. The van der Waals surface area contributed by atoms with Crippen molar-refractivity contribution in [1.29, 1.82) is 0 Å². The number of aromatic nitrogens is 4. The molecule has 10 heteroatoms. The van der Waals surface area contributed by atoms with Crippen LogP contribution < -0.4 is 0 Å². The Morgan fingerprint density at radius 1 is 1.03 bits per heavy atom.